The van der Waals surface area contributed by atoms with Crippen molar-refractivity contribution in [1.82, 2.24) is 10.6 Å². The minimum absolute atomic E-state index is 0. The van der Waals surface area contributed by atoms with Gasteiger partial charge in [-0.25, -0.2) is 0 Å². The number of nitrogens with one attached hydrogen (secondary N) is 2. The van der Waals surface area contributed by atoms with Crippen molar-refractivity contribution in [3.05, 3.63) is 0 Å². The van der Waals surface area contributed by atoms with Gasteiger partial charge in [-0.2, -0.15) is 11.8 Å². The van der Waals surface area contributed by atoms with Crippen molar-refractivity contribution < 1.29 is 0 Å². The molecule has 0 aromatic rings. The first-order chi connectivity index (χ1) is 7.22. The molecule has 0 saturated carbocycles. The Hall–Kier alpha value is 0.350. The van der Waals surface area contributed by atoms with Crippen molar-refractivity contribution in [3.63, 3.8) is 0 Å². The van der Waals surface area contributed by atoms with Crippen molar-refractivity contribution in [1.29, 1.82) is 0 Å². The summed E-state index contributed by atoms with van der Waals surface area (Å²) in [5, 5.41) is 7.49. The summed E-state index contributed by atoms with van der Waals surface area (Å²) in [4.78, 5) is 4.21. The van der Waals surface area contributed by atoms with Gasteiger partial charge in [-0.3, -0.25) is 4.99 Å². The second-order valence-corrected chi connectivity index (χ2v) is 5.77. The SMILES string of the molecule is CN=C(NCC(C)C)NCC1CCCS1.I. The van der Waals surface area contributed by atoms with E-state index < -0.39 is 0 Å². The fraction of sp³-hybridized carbons (Fsp3) is 0.909. The van der Waals surface area contributed by atoms with E-state index in [0.717, 1.165) is 24.3 Å². The van der Waals surface area contributed by atoms with Crippen LogP contribution >= 0.6 is 35.7 Å². The van der Waals surface area contributed by atoms with Crippen molar-refractivity contribution >= 4 is 41.7 Å². The zero-order valence-corrected chi connectivity index (χ0v) is 13.6. The maximum absolute atomic E-state index is 4.21. The molecule has 0 aromatic heterocycles. The average Bonchev–Trinajstić information content (AvgIpc) is 2.70. The van der Waals surface area contributed by atoms with Gasteiger partial charge in [0.2, 0.25) is 0 Å². The molecule has 96 valence electrons. The average molecular weight is 357 g/mol. The topological polar surface area (TPSA) is 36.4 Å². The summed E-state index contributed by atoms with van der Waals surface area (Å²) >= 11 is 2.07. The third kappa shape index (κ3) is 6.83. The van der Waals surface area contributed by atoms with Gasteiger partial charge in [0.15, 0.2) is 5.96 Å². The summed E-state index contributed by atoms with van der Waals surface area (Å²) in [6.07, 6.45) is 2.72. The Kier molecular flexibility index (Phi) is 9.59. The highest BCUT2D eigenvalue weighted by Crippen LogP contribution is 2.25. The monoisotopic (exact) mass is 357 g/mol. The molecule has 1 saturated heterocycles. The first kappa shape index (κ1) is 16.4. The van der Waals surface area contributed by atoms with Crippen LogP contribution in [-0.4, -0.2) is 37.1 Å². The lowest BCUT2D eigenvalue weighted by atomic mass is 10.2. The lowest BCUT2D eigenvalue weighted by molar-refractivity contribution is 0.612. The molecule has 0 spiro atoms. The zero-order valence-electron chi connectivity index (χ0n) is 10.5. The molecule has 0 bridgehead atoms. The van der Waals surface area contributed by atoms with Gasteiger partial charge in [0.25, 0.3) is 0 Å². The molecule has 2 N–H and O–H groups in total. The number of guanidine groups is 1. The molecule has 0 radical (unpaired) electrons. The predicted molar refractivity (Wildman–Crippen MR) is 85.1 cm³/mol. The van der Waals surface area contributed by atoms with Gasteiger partial charge in [-0.05, 0) is 24.5 Å². The van der Waals surface area contributed by atoms with E-state index in [0.29, 0.717) is 5.92 Å². The number of rotatable bonds is 4. The number of hydrogen-bond acceptors (Lipinski definition) is 2. The summed E-state index contributed by atoms with van der Waals surface area (Å²) < 4.78 is 0. The van der Waals surface area contributed by atoms with E-state index >= 15 is 0 Å². The van der Waals surface area contributed by atoms with Crippen molar-refractivity contribution in [2.24, 2.45) is 10.9 Å². The number of aliphatic imine (C=N–C) groups is 1. The Morgan fingerprint density at radius 2 is 2.19 bits per heavy atom. The van der Waals surface area contributed by atoms with E-state index in [9.17, 15) is 0 Å². The number of halogens is 1. The minimum atomic E-state index is 0. The lowest BCUT2D eigenvalue weighted by Gasteiger charge is -2.15. The van der Waals surface area contributed by atoms with Crippen LogP contribution in [0.1, 0.15) is 26.7 Å². The van der Waals surface area contributed by atoms with E-state index in [-0.39, 0.29) is 24.0 Å². The van der Waals surface area contributed by atoms with E-state index in [1.165, 1.54) is 18.6 Å². The molecule has 0 amide bonds. The maximum atomic E-state index is 4.21. The Balaban J connectivity index is 0.00000225. The van der Waals surface area contributed by atoms with E-state index in [1.807, 2.05) is 7.05 Å². The van der Waals surface area contributed by atoms with E-state index in [4.69, 9.17) is 0 Å². The van der Waals surface area contributed by atoms with Crippen molar-refractivity contribution in [2.75, 3.05) is 25.9 Å². The molecule has 1 aliphatic heterocycles. The van der Waals surface area contributed by atoms with Gasteiger partial charge < -0.3 is 10.6 Å². The fourth-order valence-corrected chi connectivity index (χ4v) is 2.74. The second-order valence-electron chi connectivity index (χ2n) is 4.36. The molecular formula is C11H24IN3S. The molecule has 1 fully saturated rings. The molecule has 1 unspecified atom stereocenters. The molecular weight excluding hydrogens is 333 g/mol. The van der Waals surface area contributed by atoms with Crippen LogP contribution in [0.3, 0.4) is 0 Å². The molecule has 1 atom stereocenters. The van der Waals surface area contributed by atoms with E-state index in [2.05, 4.69) is 41.2 Å². The fourth-order valence-electron chi connectivity index (χ4n) is 1.54. The molecule has 1 aliphatic rings. The summed E-state index contributed by atoms with van der Waals surface area (Å²) in [7, 11) is 1.83. The quantitative estimate of drug-likeness (QED) is 0.461. The molecule has 0 aliphatic carbocycles. The highest BCUT2D eigenvalue weighted by atomic mass is 127. The van der Waals surface area contributed by atoms with Crippen molar-refractivity contribution in [2.45, 2.75) is 31.9 Å². The zero-order chi connectivity index (χ0) is 11.1. The number of nitrogens with zero attached hydrogens (tertiary/aromatic N) is 1. The van der Waals surface area contributed by atoms with Crippen LogP contribution in [0.25, 0.3) is 0 Å². The molecule has 16 heavy (non-hydrogen) atoms. The molecule has 1 heterocycles. The Morgan fingerprint density at radius 1 is 1.44 bits per heavy atom. The van der Waals surface area contributed by atoms with Crippen LogP contribution in [0.15, 0.2) is 4.99 Å². The number of thioether (sulfide) groups is 1. The van der Waals surface area contributed by atoms with Crippen LogP contribution in [0, 0.1) is 5.92 Å². The molecule has 3 nitrogen and oxygen atoms in total. The Bertz CT molecular complexity index is 203. The predicted octanol–water partition coefficient (Wildman–Crippen LogP) is 2.32. The first-order valence-electron chi connectivity index (χ1n) is 5.78. The van der Waals surface area contributed by atoms with Crippen LogP contribution in [-0.2, 0) is 0 Å². The van der Waals surface area contributed by atoms with Crippen LogP contribution in [0.2, 0.25) is 0 Å². The highest BCUT2D eigenvalue weighted by Gasteiger charge is 2.15. The summed E-state index contributed by atoms with van der Waals surface area (Å²) in [5.41, 5.74) is 0. The molecule has 0 aromatic carbocycles. The smallest absolute Gasteiger partial charge is 0.191 e. The van der Waals surface area contributed by atoms with Crippen LogP contribution in [0.5, 0.6) is 0 Å². The maximum Gasteiger partial charge on any atom is 0.191 e. The summed E-state index contributed by atoms with van der Waals surface area (Å²) in [5.74, 6) is 2.92. The van der Waals surface area contributed by atoms with Crippen LogP contribution in [0.4, 0.5) is 0 Å². The van der Waals surface area contributed by atoms with Gasteiger partial charge in [-0.1, -0.05) is 13.8 Å². The Morgan fingerprint density at radius 3 is 2.69 bits per heavy atom. The normalized spacial score (nSPS) is 20.8. The highest BCUT2D eigenvalue weighted by molar-refractivity contribution is 14.0. The van der Waals surface area contributed by atoms with Gasteiger partial charge in [0.1, 0.15) is 0 Å². The largest absolute Gasteiger partial charge is 0.356 e. The van der Waals surface area contributed by atoms with Crippen LogP contribution < -0.4 is 10.6 Å². The lowest BCUT2D eigenvalue weighted by Crippen LogP contribution is -2.41. The first-order valence-corrected chi connectivity index (χ1v) is 6.83. The summed E-state index contributed by atoms with van der Waals surface area (Å²) in [6.45, 7) is 6.43. The van der Waals surface area contributed by atoms with Gasteiger partial charge in [-0.15, -0.1) is 24.0 Å². The van der Waals surface area contributed by atoms with Crippen molar-refractivity contribution in [3.8, 4) is 0 Å². The van der Waals surface area contributed by atoms with E-state index in [1.54, 1.807) is 0 Å². The standard InChI is InChI=1S/C11H23N3S.HI/c1-9(2)7-13-11(12-3)14-8-10-5-4-6-15-10;/h9-10H,4-8H2,1-3H3,(H2,12,13,14);1H. The second kappa shape index (κ2) is 9.39. The van der Waals surface area contributed by atoms with Gasteiger partial charge in [0.05, 0.1) is 0 Å². The summed E-state index contributed by atoms with van der Waals surface area (Å²) in [6, 6.07) is 0. The third-order valence-corrected chi connectivity index (χ3v) is 3.82. The van der Waals surface area contributed by atoms with Gasteiger partial charge in [0, 0.05) is 25.4 Å². The minimum Gasteiger partial charge on any atom is -0.356 e. The third-order valence-electron chi connectivity index (χ3n) is 2.42. The number of hydrogen-bond donors (Lipinski definition) is 2. The molecule has 5 heteroatoms. The molecule has 1 rings (SSSR count). The van der Waals surface area contributed by atoms with Gasteiger partial charge >= 0.3 is 0 Å². The Labute approximate surface area is 121 Å².